The monoisotopic (exact) mass is 356 g/mol. The molecule has 4 nitrogen and oxygen atoms in total. The second-order valence-corrected chi connectivity index (χ2v) is 6.71. The first kappa shape index (κ1) is 18.4. The van der Waals surface area contributed by atoms with Crippen LogP contribution in [0.2, 0.25) is 0 Å². The second-order valence-electron chi connectivity index (χ2n) is 6.71. The first-order chi connectivity index (χ1) is 12.5. The lowest BCUT2D eigenvalue weighted by Crippen LogP contribution is -2.49. The Morgan fingerprint density at radius 1 is 1.04 bits per heavy atom. The fraction of sp³-hybridized carbons (Fsp3) is 0.381. The highest BCUT2D eigenvalue weighted by Crippen LogP contribution is 2.16. The van der Waals surface area contributed by atoms with Crippen molar-refractivity contribution >= 4 is 5.91 Å². The summed E-state index contributed by atoms with van der Waals surface area (Å²) >= 11 is 0. The molecule has 1 aliphatic rings. The number of hydrogen-bond acceptors (Lipinski definition) is 3. The molecule has 1 heterocycles. The second kappa shape index (κ2) is 8.32. The van der Waals surface area contributed by atoms with Gasteiger partial charge in [-0.2, -0.15) is 0 Å². The van der Waals surface area contributed by atoms with Crippen molar-refractivity contribution < 1.29 is 13.9 Å². The first-order valence-corrected chi connectivity index (χ1v) is 9.01. The molecule has 1 amide bonds. The van der Waals surface area contributed by atoms with Crippen LogP contribution in [0.4, 0.5) is 4.39 Å². The van der Waals surface area contributed by atoms with Crippen molar-refractivity contribution in [2.24, 2.45) is 0 Å². The number of rotatable bonds is 5. The molecule has 5 heteroatoms. The number of carbonyl (C=O) groups is 1. The maximum Gasteiger partial charge on any atom is 0.254 e. The van der Waals surface area contributed by atoms with Crippen LogP contribution in [-0.4, -0.2) is 55.0 Å². The summed E-state index contributed by atoms with van der Waals surface area (Å²) in [6, 6.07) is 12.7. The molecule has 2 aromatic carbocycles. The fourth-order valence-electron chi connectivity index (χ4n) is 3.09. The number of halogens is 1. The summed E-state index contributed by atoms with van der Waals surface area (Å²) in [5.41, 5.74) is 2.11. The third kappa shape index (κ3) is 4.41. The molecule has 0 unspecified atom stereocenters. The van der Waals surface area contributed by atoms with E-state index in [2.05, 4.69) is 4.90 Å². The molecule has 0 spiro atoms. The Morgan fingerprint density at radius 3 is 2.46 bits per heavy atom. The summed E-state index contributed by atoms with van der Waals surface area (Å²) in [7, 11) is 0. The van der Waals surface area contributed by atoms with Gasteiger partial charge in [0.05, 0.1) is 0 Å². The molecule has 138 valence electrons. The number of aryl methyl sites for hydroxylation is 2. The third-order valence-corrected chi connectivity index (χ3v) is 4.84. The largest absolute Gasteiger partial charge is 0.492 e. The molecular formula is C21H25FN2O2. The zero-order chi connectivity index (χ0) is 18.5. The number of amides is 1. The van der Waals surface area contributed by atoms with E-state index in [4.69, 9.17) is 4.74 Å². The number of carbonyl (C=O) groups excluding carboxylic acids is 1. The van der Waals surface area contributed by atoms with E-state index in [9.17, 15) is 9.18 Å². The number of ether oxygens (including phenoxy) is 1. The highest BCUT2D eigenvalue weighted by molar-refractivity contribution is 5.94. The van der Waals surface area contributed by atoms with Crippen molar-refractivity contribution in [2.75, 3.05) is 39.3 Å². The number of piperazine rings is 1. The van der Waals surface area contributed by atoms with E-state index in [0.29, 0.717) is 30.8 Å². The van der Waals surface area contributed by atoms with Gasteiger partial charge < -0.3 is 9.64 Å². The predicted molar refractivity (Wildman–Crippen MR) is 100 cm³/mol. The first-order valence-electron chi connectivity index (χ1n) is 9.01. The lowest BCUT2D eigenvalue weighted by atomic mass is 10.1. The van der Waals surface area contributed by atoms with Crippen LogP contribution in [0.3, 0.4) is 0 Å². The highest BCUT2D eigenvalue weighted by Gasteiger charge is 2.22. The molecule has 0 aromatic heterocycles. The van der Waals surface area contributed by atoms with Gasteiger partial charge in [-0.1, -0.05) is 24.3 Å². The maximum atomic E-state index is 13.7. The molecule has 1 fully saturated rings. The van der Waals surface area contributed by atoms with Gasteiger partial charge in [0.1, 0.15) is 18.2 Å². The summed E-state index contributed by atoms with van der Waals surface area (Å²) < 4.78 is 19.5. The number of para-hydroxylation sites is 1. The molecule has 1 aliphatic heterocycles. The van der Waals surface area contributed by atoms with E-state index >= 15 is 0 Å². The third-order valence-electron chi connectivity index (χ3n) is 4.84. The van der Waals surface area contributed by atoms with Crippen molar-refractivity contribution in [1.82, 2.24) is 9.80 Å². The van der Waals surface area contributed by atoms with Gasteiger partial charge in [-0.15, -0.1) is 0 Å². The van der Waals surface area contributed by atoms with E-state index in [1.807, 2.05) is 31.2 Å². The Hall–Kier alpha value is -2.40. The number of benzene rings is 2. The Kier molecular flexibility index (Phi) is 5.89. The van der Waals surface area contributed by atoms with E-state index in [-0.39, 0.29) is 11.7 Å². The van der Waals surface area contributed by atoms with Gasteiger partial charge in [-0.25, -0.2) is 4.39 Å². The lowest BCUT2D eigenvalue weighted by Gasteiger charge is -2.34. The standard InChI is InChI=1S/C21H25FN2O2/c1-16-7-8-18(15-19(16)22)21(25)24-11-9-23(10-12-24)13-14-26-20-6-4-3-5-17(20)2/h3-8,15H,9-14H2,1-2H3. The molecule has 26 heavy (non-hydrogen) atoms. The van der Waals surface area contributed by atoms with Gasteiger partial charge >= 0.3 is 0 Å². The minimum absolute atomic E-state index is 0.0975. The van der Waals surface area contributed by atoms with E-state index in [1.54, 1.807) is 24.0 Å². The van der Waals surface area contributed by atoms with Gasteiger partial charge in [-0.05, 0) is 43.2 Å². The SMILES string of the molecule is Cc1ccc(C(=O)N2CCN(CCOc3ccccc3C)CC2)cc1F. The molecule has 0 atom stereocenters. The topological polar surface area (TPSA) is 32.8 Å². The lowest BCUT2D eigenvalue weighted by molar-refractivity contribution is 0.0619. The molecule has 1 saturated heterocycles. The molecular weight excluding hydrogens is 331 g/mol. The molecule has 0 saturated carbocycles. The zero-order valence-corrected chi connectivity index (χ0v) is 15.4. The predicted octanol–water partition coefficient (Wildman–Crippen LogP) is 3.28. The summed E-state index contributed by atoms with van der Waals surface area (Å²) in [4.78, 5) is 16.6. The van der Waals surface area contributed by atoms with Crippen molar-refractivity contribution in [1.29, 1.82) is 0 Å². The van der Waals surface area contributed by atoms with Crippen LogP contribution in [0, 0.1) is 19.7 Å². The Balaban J connectivity index is 1.46. The van der Waals surface area contributed by atoms with Gasteiger partial charge in [-0.3, -0.25) is 9.69 Å². The van der Waals surface area contributed by atoms with Crippen molar-refractivity contribution in [3.05, 3.63) is 65.0 Å². The van der Waals surface area contributed by atoms with Crippen LogP contribution in [0.25, 0.3) is 0 Å². The molecule has 0 bridgehead atoms. The van der Waals surface area contributed by atoms with Crippen LogP contribution >= 0.6 is 0 Å². The average molecular weight is 356 g/mol. The van der Waals surface area contributed by atoms with E-state index in [1.165, 1.54) is 6.07 Å². The summed E-state index contributed by atoms with van der Waals surface area (Å²) in [5.74, 6) is 0.491. The van der Waals surface area contributed by atoms with Gasteiger partial charge in [0.2, 0.25) is 0 Å². The Labute approximate surface area is 154 Å². The molecule has 0 aliphatic carbocycles. The minimum Gasteiger partial charge on any atom is -0.492 e. The smallest absolute Gasteiger partial charge is 0.254 e. The van der Waals surface area contributed by atoms with E-state index < -0.39 is 0 Å². The molecule has 3 rings (SSSR count). The fourth-order valence-corrected chi connectivity index (χ4v) is 3.09. The molecule has 0 N–H and O–H groups in total. The Morgan fingerprint density at radius 2 is 1.77 bits per heavy atom. The van der Waals surface area contributed by atoms with Gasteiger partial charge in [0.25, 0.3) is 5.91 Å². The van der Waals surface area contributed by atoms with Crippen LogP contribution < -0.4 is 4.74 Å². The van der Waals surface area contributed by atoms with Crippen LogP contribution in [0.5, 0.6) is 5.75 Å². The number of hydrogen-bond donors (Lipinski definition) is 0. The van der Waals surface area contributed by atoms with Gasteiger partial charge in [0, 0.05) is 38.3 Å². The van der Waals surface area contributed by atoms with Crippen LogP contribution in [0.15, 0.2) is 42.5 Å². The summed E-state index contributed by atoms with van der Waals surface area (Å²) in [6.07, 6.45) is 0. The zero-order valence-electron chi connectivity index (χ0n) is 15.4. The maximum absolute atomic E-state index is 13.7. The molecule has 0 radical (unpaired) electrons. The quantitative estimate of drug-likeness (QED) is 0.824. The van der Waals surface area contributed by atoms with Crippen molar-refractivity contribution in [2.45, 2.75) is 13.8 Å². The van der Waals surface area contributed by atoms with Crippen molar-refractivity contribution in [3.63, 3.8) is 0 Å². The summed E-state index contributed by atoms with van der Waals surface area (Å²) in [6.45, 7) is 8.10. The normalized spacial score (nSPS) is 15.1. The average Bonchev–Trinajstić information content (AvgIpc) is 2.65. The highest BCUT2D eigenvalue weighted by atomic mass is 19.1. The van der Waals surface area contributed by atoms with Crippen LogP contribution in [0.1, 0.15) is 21.5 Å². The van der Waals surface area contributed by atoms with Gasteiger partial charge in [0.15, 0.2) is 0 Å². The van der Waals surface area contributed by atoms with Crippen molar-refractivity contribution in [3.8, 4) is 5.75 Å². The molecule has 2 aromatic rings. The summed E-state index contributed by atoms with van der Waals surface area (Å²) in [5, 5.41) is 0. The minimum atomic E-state index is -0.331. The van der Waals surface area contributed by atoms with E-state index in [0.717, 1.165) is 30.9 Å². The Bertz CT molecular complexity index is 770. The van der Waals surface area contributed by atoms with Crippen LogP contribution in [-0.2, 0) is 0 Å². The number of nitrogens with zero attached hydrogens (tertiary/aromatic N) is 2.